The van der Waals surface area contributed by atoms with E-state index in [-0.39, 0.29) is 5.04 Å². The van der Waals surface area contributed by atoms with Crippen LogP contribution in [0.1, 0.15) is 47.5 Å². The summed E-state index contributed by atoms with van der Waals surface area (Å²) in [5.74, 6) is 6.12. The average Bonchev–Trinajstić information content (AvgIpc) is 2.71. The van der Waals surface area contributed by atoms with Crippen LogP contribution in [0.5, 0.6) is 0 Å². The number of hydrogen-bond donors (Lipinski definition) is 1. The Hall–Kier alpha value is -1.69. The topological polar surface area (TPSA) is 38.7 Å². The lowest BCUT2D eigenvalue weighted by molar-refractivity contribution is 0.161. The minimum Gasteiger partial charge on any atom is -0.407 e. The van der Waals surface area contributed by atoms with Gasteiger partial charge >= 0.3 is 0 Å². The third-order valence-electron chi connectivity index (χ3n) is 5.46. The van der Waals surface area contributed by atoms with Crippen molar-refractivity contribution >= 4 is 27.0 Å². The normalized spacial score (nSPS) is 13.8. The van der Waals surface area contributed by atoms with E-state index in [1.54, 1.807) is 0 Å². The first kappa shape index (κ1) is 27.6. The van der Waals surface area contributed by atoms with Crippen LogP contribution in [0, 0.1) is 11.8 Å². The molecule has 0 saturated heterocycles. The zero-order valence-electron chi connectivity index (χ0n) is 21.7. The van der Waals surface area contributed by atoms with Gasteiger partial charge in [-0.25, -0.2) is 0 Å². The van der Waals surface area contributed by atoms with Crippen molar-refractivity contribution in [1.29, 1.82) is 0 Å². The summed E-state index contributed by atoms with van der Waals surface area (Å²) in [6.45, 7) is 17.8. The summed E-state index contributed by atoms with van der Waals surface area (Å²) in [7, 11) is -4.23. The molecule has 5 heteroatoms. The van der Waals surface area contributed by atoms with Crippen LogP contribution in [-0.2, 0) is 8.85 Å². The van der Waals surface area contributed by atoms with Gasteiger partial charge in [0.15, 0.2) is 8.32 Å². The molecule has 0 saturated carbocycles. The highest BCUT2D eigenvalue weighted by molar-refractivity contribution is 6.99. The number of benzene rings is 2. The van der Waals surface area contributed by atoms with Crippen LogP contribution in [0.15, 0.2) is 60.7 Å². The molecule has 33 heavy (non-hydrogen) atoms. The molecule has 0 unspecified atom stereocenters. The van der Waals surface area contributed by atoms with Crippen molar-refractivity contribution in [1.82, 2.24) is 0 Å². The fourth-order valence-electron chi connectivity index (χ4n) is 4.38. The molecule has 0 bridgehead atoms. The largest absolute Gasteiger partial charge is 0.407 e. The molecule has 180 valence electrons. The van der Waals surface area contributed by atoms with Gasteiger partial charge in [-0.05, 0) is 61.7 Å². The number of rotatable bonds is 9. The molecule has 0 aliphatic rings. The third kappa shape index (κ3) is 7.94. The maximum absolute atomic E-state index is 10.5. The smallest absolute Gasteiger partial charge is 0.261 e. The molecule has 0 aliphatic heterocycles. The molecule has 3 nitrogen and oxygen atoms in total. The van der Waals surface area contributed by atoms with Gasteiger partial charge in [0.1, 0.15) is 11.7 Å². The summed E-state index contributed by atoms with van der Waals surface area (Å²) in [6, 6.07) is 21.3. The van der Waals surface area contributed by atoms with Crippen molar-refractivity contribution in [3.63, 3.8) is 0 Å². The van der Waals surface area contributed by atoms with Crippen LogP contribution < -0.4 is 10.4 Å². The standard InChI is InChI=1S/C28H42O3Si2/c1-27(2,3)33(25-17-11-9-12-18-25,26-19-13-10-14-20-26)30-23-15-16-24(29)21-22-28(4,5)31-32(6,7)8/h9-14,17-20,24,29H,15-16,23H2,1-8H3/t24-/m0/s1. The summed E-state index contributed by atoms with van der Waals surface area (Å²) in [5.41, 5.74) is -0.545. The summed E-state index contributed by atoms with van der Waals surface area (Å²) in [4.78, 5) is 0. The van der Waals surface area contributed by atoms with E-state index in [1.807, 2.05) is 13.8 Å². The fraction of sp³-hybridized carbons (Fsp3) is 0.500. The number of hydrogen-bond acceptors (Lipinski definition) is 3. The van der Waals surface area contributed by atoms with Crippen LogP contribution in [0.2, 0.25) is 24.7 Å². The quantitative estimate of drug-likeness (QED) is 0.298. The molecule has 1 atom stereocenters. The van der Waals surface area contributed by atoms with Crippen molar-refractivity contribution < 1.29 is 14.0 Å². The Bertz CT molecular complexity index is 877. The Morgan fingerprint density at radius 1 is 0.848 bits per heavy atom. The predicted molar refractivity (Wildman–Crippen MR) is 145 cm³/mol. The van der Waals surface area contributed by atoms with Crippen LogP contribution >= 0.6 is 0 Å². The second-order valence-electron chi connectivity index (χ2n) is 11.2. The SMILES string of the molecule is CC(C)(C#C[C@@H](O)CCCO[Si](c1ccccc1)(c1ccccc1)C(C)(C)C)O[Si](C)(C)C. The van der Waals surface area contributed by atoms with Gasteiger partial charge in [0.2, 0.25) is 0 Å². The highest BCUT2D eigenvalue weighted by atomic mass is 28.4. The molecule has 0 aliphatic carbocycles. The third-order valence-corrected chi connectivity index (χ3v) is 11.6. The van der Waals surface area contributed by atoms with Crippen molar-refractivity contribution in [2.75, 3.05) is 6.61 Å². The maximum Gasteiger partial charge on any atom is 0.261 e. The Labute approximate surface area is 203 Å². The first-order chi connectivity index (χ1) is 15.3. The van der Waals surface area contributed by atoms with Crippen molar-refractivity contribution in [3.05, 3.63) is 60.7 Å². The van der Waals surface area contributed by atoms with Gasteiger partial charge in [-0.2, -0.15) is 0 Å². The Morgan fingerprint density at radius 2 is 1.33 bits per heavy atom. The van der Waals surface area contributed by atoms with E-state index in [0.29, 0.717) is 13.0 Å². The molecule has 1 N–H and O–H groups in total. The second-order valence-corrected chi connectivity index (χ2v) is 19.9. The maximum atomic E-state index is 10.5. The highest BCUT2D eigenvalue weighted by Crippen LogP contribution is 2.36. The highest BCUT2D eigenvalue weighted by Gasteiger charge is 2.49. The van der Waals surface area contributed by atoms with Crippen LogP contribution in [0.25, 0.3) is 0 Å². The van der Waals surface area contributed by atoms with Crippen molar-refractivity contribution in [3.8, 4) is 11.8 Å². The number of aliphatic hydroxyl groups excluding tert-OH is 1. The Kier molecular flexibility index (Phi) is 9.32. The second kappa shape index (κ2) is 11.2. The molecule has 0 heterocycles. The van der Waals surface area contributed by atoms with Crippen molar-refractivity contribution in [2.45, 2.75) is 83.8 Å². The van der Waals surface area contributed by atoms with E-state index in [0.717, 1.165) is 6.42 Å². The molecule has 0 aromatic heterocycles. The molecule has 2 aromatic rings. The average molecular weight is 483 g/mol. The molecule has 0 fully saturated rings. The van der Waals surface area contributed by atoms with Gasteiger partial charge < -0.3 is 14.0 Å². The molecule has 2 aromatic carbocycles. The van der Waals surface area contributed by atoms with Crippen LogP contribution in [0.3, 0.4) is 0 Å². The van der Waals surface area contributed by atoms with Crippen molar-refractivity contribution in [2.24, 2.45) is 0 Å². The number of aliphatic hydroxyl groups is 1. The summed E-state index contributed by atoms with van der Waals surface area (Å²) >= 11 is 0. The Morgan fingerprint density at radius 3 is 1.76 bits per heavy atom. The lowest BCUT2D eigenvalue weighted by Crippen LogP contribution is -2.66. The summed E-state index contributed by atoms with van der Waals surface area (Å²) in [5, 5.41) is 13.0. The fourth-order valence-corrected chi connectivity index (χ4v) is 10.6. The van der Waals surface area contributed by atoms with Gasteiger partial charge in [0, 0.05) is 6.61 Å². The van der Waals surface area contributed by atoms with E-state index in [4.69, 9.17) is 8.85 Å². The minimum atomic E-state index is -2.53. The van der Waals surface area contributed by atoms with Gasteiger partial charge in [-0.15, -0.1) is 0 Å². The lowest BCUT2D eigenvalue weighted by atomic mass is 10.1. The Balaban J connectivity index is 2.15. The lowest BCUT2D eigenvalue weighted by Gasteiger charge is -2.43. The first-order valence-electron chi connectivity index (χ1n) is 11.9. The van der Waals surface area contributed by atoms with E-state index in [2.05, 4.69) is 113 Å². The zero-order chi connectivity index (χ0) is 24.8. The van der Waals surface area contributed by atoms with Gasteiger partial charge in [-0.1, -0.05) is 93.3 Å². The van der Waals surface area contributed by atoms with E-state index >= 15 is 0 Å². The molecule has 0 spiro atoms. The summed E-state index contributed by atoms with van der Waals surface area (Å²) in [6.07, 6.45) is 0.640. The summed E-state index contributed by atoms with van der Waals surface area (Å²) < 4.78 is 13.0. The van der Waals surface area contributed by atoms with E-state index < -0.39 is 28.3 Å². The monoisotopic (exact) mass is 482 g/mol. The molecule has 2 rings (SSSR count). The predicted octanol–water partition coefficient (Wildman–Crippen LogP) is 5.34. The molecular weight excluding hydrogens is 440 g/mol. The van der Waals surface area contributed by atoms with E-state index in [1.165, 1.54) is 10.4 Å². The van der Waals surface area contributed by atoms with Crippen LogP contribution in [-0.4, -0.2) is 40.1 Å². The molecule has 0 amide bonds. The van der Waals surface area contributed by atoms with Gasteiger partial charge in [0.25, 0.3) is 8.32 Å². The van der Waals surface area contributed by atoms with Gasteiger partial charge in [0.05, 0.1) is 0 Å². The first-order valence-corrected chi connectivity index (χ1v) is 17.2. The zero-order valence-corrected chi connectivity index (χ0v) is 23.7. The molecule has 0 radical (unpaired) electrons. The minimum absolute atomic E-state index is 0.0493. The van der Waals surface area contributed by atoms with Gasteiger partial charge in [-0.3, -0.25) is 0 Å². The van der Waals surface area contributed by atoms with E-state index in [9.17, 15) is 5.11 Å². The van der Waals surface area contributed by atoms with Crippen LogP contribution in [0.4, 0.5) is 0 Å². The molecular formula is C28H42O3Si2.